The third-order valence-corrected chi connectivity index (χ3v) is 5.92. The van der Waals surface area contributed by atoms with Gasteiger partial charge in [-0.25, -0.2) is 18.7 Å². The molecule has 0 spiro atoms. The van der Waals surface area contributed by atoms with Crippen molar-refractivity contribution >= 4 is 34.7 Å². The Labute approximate surface area is 201 Å². The number of anilines is 3. The van der Waals surface area contributed by atoms with E-state index in [0.29, 0.717) is 17.3 Å². The van der Waals surface area contributed by atoms with Crippen LogP contribution in [0.4, 0.5) is 39.1 Å². The zero-order valence-corrected chi connectivity index (χ0v) is 19.4. The van der Waals surface area contributed by atoms with Crippen molar-refractivity contribution in [3.63, 3.8) is 0 Å². The summed E-state index contributed by atoms with van der Waals surface area (Å²) in [5.41, 5.74) is -0.315. The Morgan fingerprint density at radius 1 is 1.20 bits per heavy atom. The average Bonchev–Trinajstić information content (AvgIpc) is 3.19. The maximum Gasteiger partial charge on any atom is 0.416 e. The molecule has 1 aliphatic rings. The van der Waals surface area contributed by atoms with E-state index in [1.807, 2.05) is 0 Å². The Bertz CT molecular complexity index is 1320. The van der Waals surface area contributed by atoms with Crippen molar-refractivity contribution in [2.24, 2.45) is 0 Å². The van der Waals surface area contributed by atoms with Crippen molar-refractivity contribution in [1.29, 1.82) is 0 Å². The standard InChI is InChI=1S/C23H18ClF5N4O2/c1-11-6-12(23(27,28)29)7-20(31-11)33-17-4-5-30-21(35-3)13(17)8-19(33)22(34)32(2)18-9-14(24)15(25)10-16(18)26/h4-7,9-10,19H,8H2,1-3H3. The molecule has 0 saturated heterocycles. The fraction of sp³-hybridized carbons (Fsp3) is 0.261. The molecule has 0 fully saturated rings. The highest BCUT2D eigenvalue weighted by Gasteiger charge is 2.41. The average molecular weight is 513 g/mol. The molecule has 0 aliphatic carbocycles. The number of alkyl halides is 3. The fourth-order valence-electron chi connectivity index (χ4n) is 4.04. The lowest BCUT2D eigenvalue weighted by molar-refractivity contribution is -0.137. The number of benzene rings is 1. The van der Waals surface area contributed by atoms with Gasteiger partial charge in [0.1, 0.15) is 23.5 Å². The molecule has 0 N–H and O–H groups in total. The lowest BCUT2D eigenvalue weighted by Gasteiger charge is -2.30. The molecule has 2 aromatic heterocycles. The van der Waals surface area contributed by atoms with Gasteiger partial charge in [-0.05, 0) is 31.2 Å². The summed E-state index contributed by atoms with van der Waals surface area (Å²) in [5, 5.41) is -0.395. The normalized spacial score (nSPS) is 15.2. The van der Waals surface area contributed by atoms with Gasteiger partial charge in [0, 0.05) is 37.0 Å². The molecule has 184 valence electrons. The van der Waals surface area contributed by atoms with Crippen molar-refractivity contribution < 1.29 is 31.5 Å². The van der Waals surface area contributed by atoms with Crippen molar-refractivity contribution in [2.45, 2.75) is 25.6 Å². The predicted molar refractivity (Wildman–Crippen MR) is 119 cm³/mol. The van der Waals surface area contributed by atoms with Gasteiger partial charge in [-0.15, -0.1) is 0 Å². The smallest absolute Gasteiger partial charge is 0.416 e. The molecule has 0 saturated carbocycles. The number of pyridine rings is 2. The number of ether oxygens (including phenoxy) is 1. The number of amides is 1. The Morgan fingerprint density at radius 3 is 2.57 bits per heavy atom. The molecule has 1 aliphatic heterocycles. The molecule has 1 atom stereocenters. The molecule has 1 aromatic carbocycles. The van der Waals surface area contributed by atoms with Gasteiger partial charge < -0.3 is 14.5 Å². The highest BCUT2D eigenvalue weighted by molar-refractivity contribution is 6.31. The summed E-state index contributed by atoms with van der Waals surface area (Å²) in [6, 6.07) is 3.64. The molecule has 12 heteroatoms. The van der Waals surface area contributed by atoms with Crippen molar-refractivity contribution in [3.05, 3.63) is 70.0 Å². The second-order valence-corrected chi connectivity index (χ2v) is 8.28. The van der Waals surface area contributed by atoms with Crippen molar-refractivity contribution in [3.8, 4) is 5.88 Å². The zero-order chi connectivity index (χ0) is 25.7. The first-order valence-electron chi connectivity index (χ1n) is 10.2. The number of hydrogen-bond donors (Lipinski definition) is 0. The highest BCUT2D eigenvalue weighted by atomic mass is 35.5. The van der Waals surface area contributed by atoms with Gasteiger partial charge in [-0.2, -0.15) is 13.2 Å². The van der Waals surface area contributed by atoms with Crippen LogP contribution in [0.1, 0.15) is 16.8 Å². The topological polar surface area (TPSA) is 58.6 Å². The number of fused-ring (bicyclic) bond motifs is 1. The van der Waals surface area contributed by atoms with E-state index in [9.17, 15) is 26.7 Å². The summed E-state index contributed by atoms with van der Waals surface area (Å²) in [4.78, 5) is 24.2. The number of hydrogen-bond acceptors (Lipinski definition) is 5. The number of methoxy groups -OCH3 is 1. The Kier molecular flexibility index (Phi) is 6.31. The van der Waals surface area contributed by atoms with Gasteiger partial charge in [-0.1, -0.05) is 11.6 Å². The SMILES string of the molecule is COc1nccc2c1CC(C(=O)N(C)c1cc(Cl)c(F)cc1F)N2c1cc(C(F)(F)F)cc(C)n1. The minimum absolute atomic E-state index is 0.0109. The van der Waals surface area contributed by atoms with Crippen LogP contribution in [0.3, 0.4) is 0 Å². The number of rotatable bonds is 4. The third-order valence-electron chi connectivity index (χ3n) is 5.63. The minimum Gasteiger partial charge on any atom is -0.481 e. The van der Waals surface area contributed by atoms with Gasteiger partial charge in [0.05, 0.1) is 29.1 Å². The molecule has 6 nitrogen and oxygen atoms in total. The summed E-state index contributed by atoms with van der Waals surface area (Å²) in [7, 11) is 2.63. The van der Waals surface area contributed by atoms with Crippen molar-refractivity contribution in [1.82, 2.24) is 9.97 Å². The summed E-state index contributed by atoms with van der Waals surface area (Å²) < 4.78 is 74.0. The molecule has 4 rings (SSSR count). The molecule has 3 aromatic rings. The number of carbonyl (C=O) groups is 1. The van der Waals surface area contributed by atoms with Crippen LogP contribution in [0.25, 0.3) is 0 Å². The number of aryl methyl sites for hydroxylation is 1. The largest absolute Gasteiger partial charge is 0.481 e. The minimum atomic E-state index is -4.65. The second kappa shape index (κ2) is 8.95. The van der Waals surface area contributed by atoms with Gasteiger partial charge in [0.25, 0.3) is 0 Å². The number of halogens is 6. The zero-order valence-electron chi connectivity index (χ0n) is 18.6. The Balaban J connectivity index is 1.84. The van der Waals surface area contributed by atoms with Crippen LogP contribution < -0.4 is 14.5 Å². The summed E-state index contributed by atoms with van der Waals surface area (Å²) in [6.45, 7) is 1.40. The number of nitrogens with zero attached hydrogens (tertiary/aromatic N) is 4. The van der Waals surface area contributed by atoms with E-state index in [1.54, 1.807) is 0 Å². The molecule has 35 heavy (non-hydrogen) atoms. The fourth-order valence-corrected chi connectivity index (χ4v) is 4.20. The first kappa shape index (κ1) is 24.6. The lowest BCUT2D eigenvalue weighted by Crippen LogP contribution is -2.45. The lowest BCUT2D eigenvalue weighted by atomic mass is 10.1. The van der Waals surface area contributed by atoms with Gasteiger partial charge in [0.15, 0.2) is 0 Å². The quantitative estimate of drug-likeness (QED) is 0.343. The number of aromatic nitrogens is 2. The van der Waals surface area contributed by atoms with Gasteiger partial charge in [0.2, 0.25) is 11.8 Å². The van der Waals surface area contributed by atoms with Crippen LogP contribution in [0.15, 0.2) is 36.5 Å². The molecule has 1 amide bonds. The van der Waals surface area contributed by atoms with Crippen LogP contribution in [0.5, 0.6) is 5.88 Å². The van der Waals surface area contributed by atoms with E-state index in [-0.39, 0.29) is 29.5 Å². The first-order valence-corrected chi connectivity index (χ1v) is 10.6. The monoisotopic (exact) mass is 512 g/mol. The summed E-state index contributed by atoms with van der Waals surface area (Å²) in [5.74, 6) is -2.67. The summed E-state index contributed by atoms with van der Waals surface area (Å²) >= 11 is 5.78. The number of likely N-dealkylation sites (N-methyl/N-ethyl adjacent to an activating group) is 1. The van der Waals surface area contributed by atoms with Crippen molar-refractivity contribution in [2.75, 3.05) is 24.0 Å². The van der Waals surface area contributed by atoms with E-state index in [4.69, 9.17) is 16.3 Å². The first-order chi connectivity index (χ1) is 16.4. The van der Waals surface area contributed by atoms with E-state index >= 15 is 0 Å². The van der Waals surface area contributed by atoms with Crippen LogP contribution in [-0.2, 0) is 17.4 Å². The molecule has 0 bridgehead atoms. The maximum absolute atomic E-state index is 14.5. The van der Waals surface area contributed by atoms with E-state index in [2.05, 4.69) is 9.97 Å². The second-order valence-electron chi connectivity index (χ2n) is 7.88. The third kappa shape index (κ3) is 4.47. The van der Waals surface area contributed by atoms with Crippen LogP contribution in [0, 0.1) is 18.6 Å². The van der Waals surface area contributed by atoms with Crippen LogP contribution >= 0.6 is 11.6 Å². The van der Waals surface area contributed by atoms with Gasteiger partial charge in [-0.3, -0.25) is 4.79 Å². The molecular formula is C23H18ClF5N4O2. The molecular weight excluding hydrogens is 495 g/mol. The van der Waals surface area contributed by atoms with Crippen LogP contribution in [0.2, 0.25) is 5.02 Å². The predicted octanol–water partition coefficient (Wildman–Crippen LogP) is 5.47. The maximum atomic E-state index is 14.5. The highest BCUT2D eigenvalue weighted by Crippen LogP contribution is 2.43. The van der Waals surface area contributed by atoms with Crippen LogP contribution in [-0.4, -0.2) is 36.1 Å². The molecule has 0 radical (unpaired) electrons. The number of carbonyl (C=O) groups excluding carboxylic acids is 1. The van der Waals surface area contributed by atoms with E-state index < -0.39 is 40.3 Å². The van der Waals surface area contributed by atoms with Gasteiger partial charge >= 0.3 is 6.18 Å². The molecule has 3 heterocycles. The Hall–Kier alpha value is -3.47. The summed E-state index contributed by atoms with van der Waals surface area (Å²) in [6.07, 6.45) is -3.27. The molecule has 1 unspecified atom stereocenters. The van der Waals surface area contributed by atoms with E-state index in [0.717, 1.165) is 23.1 Å². The Morgan fingerprint density at radius 2 is 1.91 bits per heavy atom. The van der Waals surface area contributed by atoms with E-state index in [1.165, 1.54) is 38.2 Å².